The summed E-state index contributed by atoms with van der Waals surface area (Å²) in [5.41, 5.74) is 2.19. The van der Waals surface area contributed by atoms with E-state index in [1.165, 1.54) is 5.56 Å². The average molecular weight is 290 g/mol. The fourth-order valence-electron chi connectivity index (χ4n) is 2.31. The predicted molar refractivity (Wildman–Crippen MR) is 90.9 cm³/mol. The maximum atomic E-state index is 12.4. The lowest BCUT2D eigenvalue weighted by atomic mass is 9.99. The number of urea groups is 1. The molecule has 0 aliphatic rings. The summed E-state index contributed by atoms with van der Waals surface area (Å²) in [5.74, 6) is 0.562. The molecular weight excluding hydrogens is 260 g/mol. The Labute approximate surface area is 129 Å². The molecule has 0 aromatic heterocycles. The first-order valence-electron chi connectivity index (χ1n) is 8.20. The molecule has 2 amide bonds. The second-order valence-corrected chi connectivity index (χ2v) is 5.81. The van der Waals surface area contributed by atoms with E-state index in [1.54, 1.807) is 0 Å². The summed E-state index contributed by atoms with van der Waals surface area (Å²) in [6.45, 7) is 11.5. The lowest BCUT2D eigenvalue weighted by molar-refractivity contribution is 0.191. The molecule has 1 N–H and O–H groups in total. The molecule has 3 heteroatoms. The fourth-order valence-corrected chi connectivity index (χ4v) is 2.31. The zero-order valence-corrected chi connectivity index (χ0v) is 14.1. The van der Waals surface area contributed by atoms with Gasteiger partial charge in [0.15, 0.2) is 0 Å². The molecule has 0 saturated heterocycles. The summed E-state index contributed by atoms with van der Waals surface area (Å²) in [6, 6.07) is 8.49. The fraction of sp³-hybridized carbons (Fsp3) is 0.611. The second kappa shape index (κ2) is 8.71. The Kier molecular flexibility index (Phi) is 7.27. The Morgan fingerprint density at radius 2 is 1.71 bits per heavy atom. The van der Waals surface area contributed by atoms with E-state index in [4.69, 9.17) is 0 Å². The minimum atomic E-state index is 0.00231. The van der Waals surface area contributed by atoms with E-state index in [9.17, 15) is 4.79 Å². The van der Waals surface area contributed by atoms with Crippen molar-refractivity contribution in [3.8, 4) is 0 Å². The third kappa shape index (κ3) is 5.07. The zero-order valence-electron chi connectivity index (χ0n) is 14.1. The van der Waals surface area contributed by atoms with E-state index >= 15 is 0 Å². The van der Waals surface area contributed by atoms with Crippen molar-refractivity contribution in [2.45, 2.75) is 65.8 Å². The van der Waals surface area contributed by atoms with Gasteiger partial charge in [0.25, 0.3) is 0 Å². The predicted octanol–water partition coefficient (Wildman–Crippen LogP) is 5.24. The number of rotatable bonds is 7. The van der Waals surface area contributed by atoms with Crippen molar-refractivity contribution in [2.75, 3.05) is 11.9 Å². The summed E-state index contributed by atoms with van der Waals surface area (Å²) in [6.07, 6.45) is 3.08. The molecule has 1 aromatic rings. The molecule has 1 rings (SSSR count). The number of hydrogen-bond acceptors (Lipinski definition) is 1. The zero-order chi connectivity index (χ0) is 15.8. The smallest absolute Gasteiger partial charge is 0.322 e. The van der Waals surface area contributed by atoms with Crippen LogP contribution in [0.3, 0.4) is 0 Å². The van der Waals surface area contributed by atoms with Crippen LogP contribution in [0.5, 0.6) is 0 Å². The van der Waals surface area contributed by atoms with Crippen LogP contribution in [0.4, 0.5) is 10.5 Å². The molecule has 21 heavy (non-hydrogen) atoms. The highest BCUT2D eigenvalue weighted by Gasteiger charge is 2.17. The monoisotopic (exact) mass is 290 g/mol. The van der Waals surface area contributed by atoms with Crippen molar-refractivity contribution in [1.82, 2.24) is 4.90 Å². The van der Waals surface area contributed by atoms with E-state index in [0.29, 0.717) is 5.92 Å². The summed E-state index contributed by atoms with van der Waals surface area (Å²) in [5, 5.41) is 3.01. The Bertz CT molecular complexity index is 427. The molecule has 0 aliphatic heterocycles. The van der Waals surface area contributed by atoms with Crippen molar-refractivity contribution < 1.29 is 4.79 Å². The third-order valence-electron chi connectivity index (χ3n) is 4.19. The SMILES string of the molecule is CCCN(C(=O)Nc1ccc(C(C)CC)cc1)C(C)CC. The van der Waals surface area contributed by atoms with Gasteiger partial charge in [0.2, 0.25) is 0 Å². The van der Waals surface area contributed by atoms with Gasteiger partial charge in [0.1, 0.15) is 0 Å². The number of anilines is 1. The van der Waals surface area contributed by atoms with Gasteiger partial charge < -0.3 is 10.2 Å². The van der Waals surface area contributed by atoms with E-state index < -0.39 is 0 Å². The number of carbonyl (C=O) groups is 1. The summed E-state index contributed by atoms with van der Waals surface area (Å²) in [7, 11) is 0. The van der Waals surface area contributed by atoms with Crippen LogP contribution < -0.4 is 5.32 Å². The van der Waals surface area contributed by atoms with Crippen LogP contribution in [0.25, 0.3) is 0 Å². The second-order valence-electron chi connectivity index (χ2n) is 5.81. The lowest BCUT2D eigenvalue weighted by Crippen LogP contribution is -2.41. The molecule has 1 aromatic carbocycles. The molecular formula is C18H30N2O. The standard InChI is InChI=1S/C18H30N2O/c1-6-13-20(15(5)8-3)18(21)19-17-11-9-16(10-12-17)14(4)7-2/h9-12,14-15H,6-8,13H2,1-5H3,(H,19,21). The first-order chi connectivity index (χ1) is 10.0. The average Bonchev–Trinajstić information content (AvgIpc) is 2.51. The first kappa shape index (κ1) is 17.5. The summed E-state index contributed by atoms with van der Waals surface area (Å²) >= 11 is 0. The van der Waals surface area contributed by atoms with Crippen molar-refractivity contribution in [3.05, 3.63) is 29.8 Å². The van der Waals surface area contributed by atoms with Crippen LogP contribution in [0.2, 0.25) is 0 Å². The molecule has 118 valence electrons. The van der Waals surface area contributed by atoms with E-state index in [-0.39, 0.29) is 12.1 Å². The van der Waals surface area contributed by atoms with E-state index in [1.807, 2.05) is 17.0 Å². The van der Waals surface area contributed by atoms with Crippen LogP contribution in [0, 0.1) is 0 Å². The van der Waals surface area contributed by atoms with Gasteiger partial charge in [-0.05, 0) is 49.8 Å². The molecule has 2 atom stereocenters. The maximum absolute atomic E-state index is 12.4. The Morgan fingerprint density at radius 1 is 1.10 bits per heavy atom. The Balaban J connectivity index is 2.72. The van der Waals surface area contributed by atoms with Crippen molar-refractivity contribution >= 4 is 11.7 Å². The van der Waals surface area contributed by atoms with E-state index in [0.717, 1.165) is 31.5 Å². The molecule has 2 unspecified atom stereocenters. The van der Waals surface area contributed by atoms with Gasteiger partial charge in [-0.3, -0.25) is 0 Å². The quantitative estimate of drug-likeness (QED) is 0.731. The molecule has 0 radical (unpaired) electrons. The van der Waals surface area contributed by atoms with Gasteiger partial charge in [-0.15, -0.1) is 0 Å². The number of carbonyl (C=O) groups excluding carboxylic acids is 1. The number of nitrogens with one attached hydrogen (secondary N) is 1. The molecule has 0 bridgehead atoms. The minimum absolute atomic E-state index is 0.00231. The van der Waals surface area contributed by atoms with Crippen LogP contribution in [-0.2, 0) is 0 Å². The van der Waals surface area contributed by atoms with Gasteiger partial charge in [0.05, 0.1) is 0 Å². The normalized spacial score (nSPS) is 13.6. The van der Waals surface area contributed by atoms with Gasteiger partial charge in [-0.25, -0.2) is 4.79 Å². The summed E-state index contributed by atoms with van der Waals surface area (Å²) in [4.78, 5) is 14.3. The van der Waals surface area contributed by atoms with Gasteiger partial charge >= 0.3 is 6.03 Å². The first-order valence-corrected chi connectivity index (χ1v) is 8.20. The highest BCUT2D eigenvalue weighted by molar-refractivity contribution is 5.89. The highest BCUT2D eigenvalue weighted by Crippen LogP contribution is 2.20. The van der Waals surface area contributed by atoms with Crippen LogP contribution >= 0.6 is 0 Å². The highest BCUT2D eigenvalue weighted by atomic mass is 16.2. The minimum Gasteiger partial charge on any atom is -0.322 e. The van der Waals surface area contributed by atoms with Crippen LogP contribution in [0.15, 0.2) is 24.3 Å². The molecule has 0 saturated carbocycles. The van der Waals surface area contributed by atoms with Crippen molar-refractivity contribution in [2.24, 2.45) is 0 Å². The summed E-state index contributed by atoms with van der Waals surface area (Å²) < 4.78 is 0. The molecule has 0 fully saturated rings. The molecule has 3 nitrogen and oxygen atoms in total. The van der Waals surface area contributed by atoms with Crippen LogP contribution in [0.1, 0.15) is 65.4 Å². The third-order valence-corrected chi connectivity index (χ3v) is 4.19. The van der Waals surface area contributed by atoms with Crippen molar-refractivity contribution in [1.29, 1.82) is 0 Å². The molecule has 0 spiro atoms. The van der Waals surface area contributed by atoms with Gasteiger partial charge in [-0.1, -0.05) is 39.8 Å². The van der Waals surface area contributed by atoms with E-state index in [2.05, 4.69) is 52.1 Å². The molecule has 0 heterocycles. The lowest BCUT2D eigenvalue weighted by Gasteiger charge is -2.28. The van der Waals surface area contributed by atoms with Gasteiger partial charge in [0, 0.05) is 18.3 Å². The topological polar surface area (TPSA) is 32.3 Å². The van der Waals surface area contributed by atoms with Crippen LogP contribution in [-0.4, -0.2) is 23.5 Å². The van der Waals surface area contributed by atoms with Crippen molar-refractivity contribution in [3.63, 3.8) is 0 Å². The Hall–Kier alpha value is -1.51. The maximum Gasteiger partial charge on any atom is 0.322 e. The number of hydrogen-bond donors (Lipinski definition) is 1. The number of benzene rings is 1. The van der Waals surface area contributed by atoms with Gasteiger partial charge in [-0.2, -0.15) is 0 Å². The number of amides is 2. The number of nitrogens with zero attached hydrogens (tertiary/aromatic N) is 1. The molecule has 0 aliphatic carbocycles. The Morgan fingerprint density at radius 3 is 2.19 bits per heavy atom. The largest absolute Gasteiger partial charge is 0.322 e.